The van der Waals surface area contributed by atoms with E-state index in [-0.39, 0.29) is 16.9 Å². The van der Waals surface area contributed by atoms with Gasteiger partial charge in [-0.2, -0.15) is 4.31 Å². The topological polar surface area (TPSA) is 79.2 Å². The number of sulfonamides is 1. The summed E-state index contributed by atoms with van der Waals surface area (Å²) in [5.74, 6) is 0.241. The average molecular weight is 295 g/mol. The van der Waals surface area contributed by atoms with Gasteiger partial charge >= 0.3 is 0 Å². The standard InChI is InChI=1S/C14H21N3O2S/c1-9(2)10(3)17(4)20(18,19)14-8-16-13-6-5-11(15)7-12(13)14/h5-10,16H,15H2,1-4H3. The van der Waals surface area contributed by atoms with Gasteiger partial charge in [0, 0.05) is 35.9 Å². The molecule has 1 aromatic heterocycles. The first-order chi connectivity index (χ1) is 9.25. The fourth-order valence-electron chi connectivity index (χ4n) is 2.12. The molecule has 0 aliphatic heterocycles. The van der Waals surface area contributed by atoms with Crippen molar-refractivity contribution >= 4 is 26.6 Å². The molecule has 1 aromatic carbocycles. The summed E-state index contributed by atoms with van der Waals surface area (Å²) < 4.78 is 26.9. The Kier molecular flexibility index (Phi) is 3.80. The monoisotopic (exact) mass is 295 g/mol. The third kappa shape index (κ3) is 2.41. The van der Waals surface area contributed by atoms with Gasteiger partial charge in [-0.15, -0.1) is 0 Å². The lowest BCUT2D eigenvalue weighted by Crippen LogP contribution is -2.38. The number of aromatic nitrogens is 1. The van der Waals surface area contributed by atoms with E-state index in [4.69, 9.17) is 5.73 Å². The highest BCUT2D eigenvalue weighted by Gasteiger charge is 2.29. The molecule has 0 aliphatic rings. The Labute approximate surface area is 119 Å². The molecule has 3 N–H and O–H groups in total. The molecule has 2 rings (SSSR count). The second-order valence-corrected chi connectivity index (χ2v) is 7.43. The lowest BCUT2D eigenvalue weighted by Gasteiger charge is -2.26. The predicted molar refractivity (Wildman–Crippen MR) is 82.0 cm³/mol. The van der Waals surface area contributed by atoms with Crippen molar-refractivity contribution in [2.45, 2.75) is 31.7 Å². The van der Waals surface area contributed by atoms with E-state index in [0.29, 0.717) is 11.1 Å². The number of hydrogen-bond acceptors (Lipinski definition) is 3. The van der Waals surface area contributed by atoms with E-state index in [2.05, 4.69) is 4.98 Å². The molecule has 0 bridgehead atoms. The minimum Gasteiger partial charge on any atom is -0.399 e. The lowest BCUT2D eigenvalue weighted by molar-refractivity contribution is 0.316. The van der Waals surface area contributed by atoms with Crippen molar-refractivity contribution in [3.05, 3.63) is 24.4 Å². The number of rotatable bonds is 4. The van der Waals surface area contributed by atoms with Gasteiger partial charge in [-0.05, 0) is 31.0 Å². The van der Waals surface area contributed by atoms with Crippen molar-refractivity contribution in [1.82, 2.24) is 9.29 Å². The number of aromatic amines is 1. The van der Waals surface area contributed by atoms with Crippen molar-refractivity contribution in [3.63, 3.8) is 0 Å². The number of nitrogens with zero attached hydrogens (tertiary/aromatic N) is 1. The molecule has 110 valence electrons. The van der Waals surface area contributed by atoms with Crippen LogP contribution in [-0.2, 0) is 10.0 Å². The molecule has 1 unspecified atom stereocenters. The molecule has 0 saturated heterocycles. The minimum atomic E-state index is -3.54. The summed E-state index contributed by atoms with van der Waals surface area (Å²) in [5.41, 5.74) is 7.07. The number of fused-ring (bicyclic) bond motifs is 1. The largest absolute Gasteiger partial charge is 0.399 e. The fourth-order valence-corrected chi connectivity index (χ4v) is 3.77. The van der Waals surface area contributed by atoms with Crippen LogP contribution in [0.15, 0.2) is 29.3 Å². The Morgan fingerprint density at radius 3 is 2.50 bits per heavy atom. The molecular weight excluding hydrogens is 274 g/mol. The van der Waals surface area contributed by atoms with Crippen LogP contribution in [0.25, 0.3) is 10.9 Å². The van der Waals surface area contributed by atoms with Gasteiger partial charge < -0.3 is 10.7 Å². The second-order valence-electron chi connectivity index (χ2n) is 5.46. The zero-order chi connectivity index (χ0) is 15.1. The highest BCUT2D eigenvalue weighted by atomic mass is 32.2. The molecule has 6 heteroatoms. The van der Waals surface area contributed by atoms with Gasteiger partial charge in [0.05, 0.1) is 0 Å². The van der Waals surface area contributed by atoms with Crippen molar-refractivity contribution < 1.29 is 8.42 Å². The van der Waals surface area contributed by atoms with Gasteiger partial charge in [0.1, 0.15) is 4.90 Å². The number of nitrogens with two attached hydrogens (primary N) is 1. The summed E-state index contributed by atoms with van der Waals surface area (Å²) >= 11 is 0. The molecule has 0 fully saturated rings. The highest BCUT2D eigenvalue weighted by molar-refractivity contribution is 7.89. The van der Waals surface area contributed by atoms with Crippen LogP contribution in [0.2, 0.25) is 0 Å². The average Bonchev–Trinajstić information content (AvgIpc) is 2.80. The van der Waals surface area contributed by atoms with Gasteiger partial charge in [0.2, 0.25) is 10.0 Å². The van der Waals surface area contributed by atoms with Gasteiger partial charge in [-0.25, -0.2) is 8.42 Å². The van der Waals surface area contributed by atoms with Crippen molar-refractivity contribution in [2.75, 3.05) is 12.8 Å². The summed E-state index contributed by atoms with van der Waals surface area (Å²) in [4.78, 5) is 3.26. The van der Waals surface area contributed by atoms with Crippen molar-refractivity contribution in [2.24, 2.45) is 5.92 Å². The van der Waals surface area contributed by atoms with Gasteiger partial charge in [-0.1, -0.05) is 13.8 Å². The van der Waals surface area contributed by atoms with E-state index < -0.39 is 10.0 Å². The zero-order valence-electron chi connectivity index (χ0n) is 12.2. The Morgan fingerprint density at radius 1 is 1.25 bits per heavy atom. The van der Waals surface area contributed by atoms with Crippen LogP contribution in [0, 0.1) is 5.92 Å². The van der Waals surface area contributed by atoms with Crippen LogP contribution in [0.5, 0.6) is 0 Å². The van der Waals surface area contributed by atoms with Crippen molar-refractivity contribution in [3.8, 4) is 0 Å². The molecule has 0 spiro atoms. The fraction of sp³-hybridized carbons (Fsp3) is 0.429. The maximum atomic E-state index is 12.7. The zero-order valence-corrected chi connectivity index (χ0v) is 13.0. The van der Waals surface area contributed by atoms with Crippen LogP contribution in [0.1, 0.15) is 20.8 Å². The number of benzene rings is 1. The maximum absolute atomic E-state index is 12.7. The molecule has 5 nitrogen and oxygen atoms in total. The molecule has 0 amide bonds. The Balaban J connectivity index is 2.55. The quantitative estimate of drug-likeness (QED) is 0.850. The molecule has 1 heterocycles. The number of nitrogens with one attached hydrogen (secondary N) is 1. The van der Waals surface area contributed by atoms with E-state index in [0.717, 1.165) is 5.52 Å². The van der Waals surface area contributed by atoms with Crippen molar-refractivity contribution in [1.29, 1.82) is 0 Å². The third-order valence-electron chi connectivity index (χ3n) is 3.86. The molecule has 20 heavy (non-hydrogen) atoms. The van der Waals surface area contributed by atoms with Crippen LogP contribution in [0.3, 0.4) is 0 Å². The highest BCUT2D eigenvalue weighted by Crippen LogP contribution is 2.28. The van der Waals surface area contributed by atoms with E-state index in [1.54, 1.807) is 25.2 Å². The van der Waals surface area contributed by atoms with E-state index in [1.807, 2.05) is 20.8 Å². The van der Waals surface area contributed by atoms with Crippen LogP contribution in [0.4, 0.5) is 5.69 Å². The minimum absolute atomic E-state index is 0.0778. The summed E-state index contributed by atoms with van der Waals surface area (Å²) in [6, 6.07) is 5.14. The first kappa shape index (κ1) is 14.9. The normalized spacial score (nSPS) is 14.3. The number of nitrogen functional groups attached to an aromatic ring is 1. The van der Waals surface area contributed by atoms with Gasteiger partial charge in [0.25, 0.3) is 0 Å². The maximum Gasteiger partial charge on any atom is 0.245 e. The first-order valence-corrected chi connectivity index (χ1v) is 8.03. The second kappa shape index (κ2) is 5.10. The third-order valence-corrected chi connectivity index (χ3v) is 5.85. The Bertz CT molecular complexity index is 719. The van der Waals surface area contributed by atoms with E-state index in [1.165, 1.54) is 10.5 Å². The molecule has 1 atom stereocenters. The summed E-state index contributed by atoms with van der Waals surface area (Å²) in [6.45, 7) is 5.92. The molecule has 0 radical (unpaired) electrons. The first-order valence-electron chi connectivity index (χ1n) is 6.59. The predicted octanol–water partition coefficient (Wildman–Crippen LogP) is 2.42. The molecule has 0 aliphatic carbocycles. The lowest BCUT2D eigenvalue weighted by atomic mass is 10.1. The summed E-state index contributed by atoms with van der Waals surface area (Å²) in [5, 5.41) is 0.632. The number of anilines is 1. The smallest absolute Gasteiger partial charge is 0.245 e. The van der Waals surface area contributed by atoms with Crippen LogP contribution >= 0.6 is 0 Å². The summed E-state index contributed by atoms with van der Waals surface area (Å²) in [6.07, 6.45) is 1.53. The van der Waals surface area contributed by atoms with E-state index in [9.17, 15) is 8.42 Å². The van der Waals surface area contributed by atoms with Gasteiger partial charge in [-0.3, -0.25) is 0 Å². The van der Waals surface area contributed by atoms with Gasteiger partial charge in [0.15, 0.2) is 0 Å². The molecule has 2 aromatic rings. The Morgan fingerprint density at radius 2 is 1.90 bits per heavy atom. The SMILES string of the molecule is CC(C)C(C)N(C)S(=O)(=O)c1c[nH]c2ccc(N)cc12. The molecule has 0 saturated carbocycles. The Hall–Kier alpha value is -1.53. The summed E-state index contributed by atoms with van der Waals surface area (Å²) in [7, 11) is -1.92. The number of hydrogen-bond donors (Lipinski definition) is 2. The van der Waals surface area contributed by atoms with Crippen LogP contribution in [-0.4, -0.2) is 30.8 Å². The van der Waals surface area contributed by atoms with Crippen LogP contribution < -0.4 is 5.73 Å². The molecular formula is C14H21N3O2S. The number of H-pyrrole nitrogens is 1. The van der Waals surface area contributed by atoms with E-state index >= 15 is 0 Å².